The van der Waals surface area contributed by atoms with E-state index in [1.54, 1.807) is 0 Å². The van der Waals surface area contributed by atoms with Crippen LogP contribution < -0.4 is 5.32 Å². The second kappa shape index (κ2) is 7.42. The van der Waals surface area contributed by atoms with Gasteiger partial charge < -0.3 is 4.90 Å². The minimum Gasteiger partial charge on any atom is -0.300 e. The lowest BCUT2D eigenvalue weighted by Crippen LogP contribution is -2.51. The smallest absolute Gasteiger partial charge is 0.145 e. The van der Waals surface area contributed by atoms with E-state index in [4.69, 9.17) is 0 Å². The van der Waals surface area contributed by atoms with Gasteiger partial charge in [0.15, 0.2) is 0 Å². The molecule has 1 aliphatic rings. The molecule has 0 saturated carbocycles. The van der Waals surface area contributed by atoms with Gasteiger partial charge in [-0.15, -0.1) is 0 Å². The largest absolute Gasteiger partial charge is 0.300 e. The molecule has 20 heavy (non-hydrogen) atoms. The van der Waals surface area contributed by atoms with Crippen LogP contribution in [0.5, 0.6) is 0 Å². The lowest BCUT2D eigenvalue weighted by molar-refractivity contribution is 0.181. The Morgan fingerprint density at radius 1 is 1.20 bits per heavy atom. The van der Waals surface area contributed by atoms with Gasteiger partial charge in [-0.3, -0.25) is 5.32 Å². The Morgan fingerprint density at radius 3 is 2.50 bits per heavy atom. The summed E-state index contributed by atoms with van der Waals surface area (Å²) in [6.45, 7) is 6.03. The number of hydrogen-bond acceptors (Lipinski definition) is 3. The molecule has 0 bridgehead atoms. The molecule has 0 aliphatic carbocycles. The van der Waals surface area contributed by atoms with Gasteiger partial charge >= 0.3 is 0 Å². The number of hydrogen-bond donors (Lipinski definition) is 1. The first kappa shape index (κ1) is 15.0. The molecule has 1 N–H and O–H groups in total. The maximum absolute atomic E-state index is 9.85. The Morgan fingerprint density at radius 2 is 1.90 bits per heavy atom. The van der Waals surface area contributed by atoms with Crippen molar-refractivity contribution in [2.45, 2.75) is 38.1 Å². The topological polar surface area (TPSA) is 39.1 Å². The molecule has 108 valence electrons. The summed E-state index contributed by atoms with van der Waals surface area (Å²) in [6, 6.07) is 12.7. The lowest BCUT2D eigenvalue weighted by Gasteiger charge is -2.36. The third kappa shape index (κ3) is 3.59. The van der Waals surface area contributed by atoms with Crippen molar-refractivity contribution < 1.29 is 0 Å². The van der Waals surface area contributed by atoms with Gasteiger partial charge in [-0.05, 0) is 44.5 Å². The van der Waals surface area contributed by atoms with Crippen LogP contribution in [0.25, 0.3) is 0 Å². The highest BCUT2D eigenvalue weighted by Crippen LogP contribution is 2.23. The van der Waals surface area contributed by atoms with Crippen LogP contribution in [-0.2, 0) is 5.54 Å². The van der Waals surface area contributed by atoms with Gasteiger partial charge in [-0.1, -0.05) is 43.7 Å². The van der Waals surface area contributed by atoms with Crippen LogP contribution in [-0.4, -0.2) is 31.1 Å². The Kier molecular flexibility index (Phi) is 5.58. The molecule has 0 radical (unpaired) electrons. The summed E-state index contributed by atoms with van der Waals surface area (Å²) in [6.07, 6.45) is 4.87. The average Bonchev–Trinajstić information content (AvgIpc) is 2.53. The minimum atomic E-state index is -0.575. The number of rotatable bonds is 6. The van der Waals surface area contributed by atoms with Gasteiger partial charge in [0, 0.05) is 6.54 Å². The van der Waals surface area contributed by atoms with E-state index in [-0.39, 0.29) is 0 Å². The molecule has 0 aromatic heterocycles. The average molecular weight is 271 g/mol. The summed E-state index contributed by atoms with van der Waals surface area (Å²) < 4.78 is 0. The van der Waals surface area contributed by atoms with Crippen LogP contribution in [0.4, 0.5) is 0 Å². The predicted octanol–water partition coefficient (Wildman–Crippen LogP) is 2.89. The molecule has 3 nitrogen and oxygen atoms in total. The van der Waals surface area contributed by atoms with Crippen LogP contribution in [0, 0.1) is 11.3 Å². The highest BCUT2D eigenvalue weighted by molar-refractivity contribution is 5.32. The highest BCUT2D eigenvalue weighted by atomic mass is 15.2. The minimum absolute atomic E-state index is 0.575. The molecule has 0 spiro atoms. The van der Waals surface area contributed by atoms with Crippen molar-refractivity contribution in [1.29, 1.82) is 5.26 Å². The first-order chi connectivity index (χ1) is 9.80. The maximum atomic E-state index is 9.85. The summed E-state index contributed by atoms with van der Waals surface area (Å²) >= 11 is 0. The van der Waals surface area contributed by atoms with Gasteiger partial charge in [0.25, 0.3) is 0 Å². The quantitative estimate of drug-likeness (QED) is 0.864. The second-order valence-corrected chi connectivity index (χ2v) is 5.65. The number of nitrogens with zero attached hydrogens (tertiary/aromatic N) is 2. The maximum Gasteiger partial charge on any atom is 0.145 e. The Hall–Kier alpha value is -1.37. The van der Waals surface area contributed by atoms with E-state index in [2.05, 4.69) is 35.3 Å². The molecule has 2 rings (SSSR count). The van der Waals surface area contributed by atoms with Gasteiger partial charge in [-0.2, -0.15) is 5.26 Å². The first-order valence-electron chi connectivity index (χ1n) is 7.75. The Labute approximate surface area is 122 Å². The highest BCUT2D eigenvalue weighted by Gasteiger charge is 2.34. The van der Waals surface area contributed by atoms with Crippen molar-refractivity contribution >= 4 is 0 Å². The second-order valence-electron chi connectivity index (χ2n) is 5.65. The number of piperidine rings is 1. The van der Waals surface area contributed by atoms with E-state index < -0.39 is 5.54 Å². The zero-order valence-corrected chi connectivity index (χ0v) is 12.4. The van der Waals surface area contributed by atoms with E-state index in [0.717, 1.165) is 38.2 Å². The van der Waals surface area contributed by atoms with Crippen molar-refractivity contribution in [2.24, 2.45) is 0 Å². The van der Waals surface area contributed by atoms with Crippen molar-refractivity contribution in [3.05, 3.63) is 35.9 Å². The molecule has 1 fully saturated rings. The van der Waals surface area contributed by atoms with Crippen molar-refractivity contribution in [1.82, 2.24) is 10.2 Å². The van der Waals surface area contributed by atoms with Gasteiger partial charge in [0.2, 0.25) is 0 Å². The van der Waals surface area contributed by atoms with E-state index in [1.165, 1.54) is 19.3 Å². The van der Waals surface area contributed by atoms with Crippen LogP contribution in [0.1, 0.15) is 38.2 Å². The number of nitrogens with one attached hydrogen (secondary N) is 1. The SMILES string of the molecule is CCCNC(C#N)(CN1CCCCC1)c1ccccc1. The molecule has 3 heteroatoms. The molecule has 1 aromatic carbocycles. The Bertz CT molecular complexity index is 431. The number of nitriles is 1. The molecule has 1 heterocycles. The fourth-order valence-electron chi connectivity index (χ4n) is 2.90. The van der Waals surface area contributed by atoms with Gasteiger partial charge in [-0.25, -0.2) is 0 Å². The normalized spacial score (nSPS) is 19.2. The molecular weight excluding hydrogens is 246 g/mol. The van der Waals surface area contributed by atoms with Crippen LogP contribution in [0.2, 0.25) is 0 Å². The molecule has 1 saturated heterocycles. The van der Waals surface area contributed by atoms with E-state index in [9.17, 15) is 5.26 Å². The van der Waals surface area contributed by atoms with Crippen molar-refractivity contribution in [3.8, 4) is 6.07 Å². The molecule has 1 unspecified atom stereocenters. The molecule has 1 atom stereocenters. The third-order valence-electron chi connectivity index (χ3n) is 4.04. The fourth-order valence-corrected chi connectivity index (χ4v) is 2.90. The standard InChI is InChI=1S/C17H25N3/c1-2-11-19-17(14-18,16-9-5-3-6-10-16)15-20-12-7-4-8-13-20/h3,5-6,9-10,19H,2,4,7-8,11-13,15H2,1H3. The summed E-state index contributed by atoms with van der Waals surface area (Å²) in [5.41, 5.74) is 0.510. The zero-order chi connectivity index (χ0) is 14.3. The zero-order valence-electron chi connectivity index (χ0n) is 12.4. The summed E-state index contributed by atoms with van der Waals surface area (Å²) in [5.74, 6) is 0. The van der Waals surface area contributed by atoms with Crippen LogP contribution in [0.15, 0.2) is 30.3 Å². The summed E-state index contributed by atoms with van der Waals surface area (Å²) in [5, 5.41) is 13.3. The third-order valence-corrected chi connectivity index (χ3v) is 4.04. The van der Waals surface area contributed by atoms with E-state index >= 15 is 0 Å². The van der Waals surface area contributed by atoms with Crippen LogP contribution >= 0.6 is 0 Å². The lowest BCUT2D eigenvalue weighted by atomic mass is 9.89. The van der Waals surface area contributed by atoms with Crippen molar-refractivity contribution in [3.63, 3.8) is 0 Å². The van der Waals surface area contributed by atoms with E-state index in [0.29, 0.717) is 0 Å². The van der Waals surface area contributed by atoms with Gasteiger partial charge in [0.1, 0.15) is 5.54 Å². The molecular formula is C17H25N3. The molecule has 1 aliphatic heterocycles. The van der Waals surface area contributed by atoms with Crippen molar-refractivity contribution in [2.75, 3.05) is 26.2 Å². The predicted molar refractivity (Wildman–Crippen MR) is 82.3 cm³/mol. The van der Waals surface area contributed by atoms with E-state index in [1.807, 2.05) is 18.2 Å². The molecule has 0 amide bonds. The molecule has 1 aromatic rings. The summed E-state index contributed by atoms with van der Waals surface area (Å²) in [4.78, 5) is 2.43. The Balaban J connectivity index is 2.20. The van der Waals surface area contributed by atoms with Crippen LogP contribution in [0.3, 0.4) is 0 Å². The summed E-state index contributed by atoms with van der Waals surface area (Å²) in [7, 11) is 0. The number of benzene rings is 1. The van der Waals surface area contributed by atoms with Gasteiger partial charge in [0.05, 0.1) is 6.07 Å². The first-order valence-corrected chi connectivity index (χ1v) is 7.75. The monoisotopic (exact) mass is 271 g/mol. The number of likely N-dealkylation sites (tertiary alicyclic amines) is 1. The fraction of sp³-hybridized carbons (Fsp3) is 0.588.